The summed E-state index contributed by atoms with van der Waals surface area (Å²) in [6.45, 7) is 3.93. The number of rotatable bonds is 7. The number of aromatic nitrogens is 6. The van der Waals surface area contributed by atoms with Crippen LogP contribution in [0.15, 0.2) is 47.5 Å². The molecule has 1 aliphatic carbocycles. The number of carbonyl (C=O) groups excluding carboxylic acids is 1. The highest BCUT2D eigenvalue weighted by Gasteiger charge is 2.53. The lowest BCUT2D eigenvalue weighted by molar-refractivity contribution is 0.0405. The molecule has 1 aromatic carbocycles. The number of hydrogen-bond acceptors (Lipinski definition) is 9. The summed E-state index contributed by atoms with van der Waals surface area (Å²) in [4.78, 5) is 19.9. The van der Waals surface area contributed by atoms with Gasteiger partial charge in [0.2, 0.25) is 0 Å². The van der Waals surface area contributed by atoms with Crippen molar-refractivity contribution in [3.63, 3.8) is 0 Å². The lowest BCUT2D eigenvalue weighted by Gasteiger charge is -2.48. The summed E-state index contributed by atoms with van der Waals surface area (Å²) in [6, 6.07) is 6.35. The van der Waals surface area contributed by atoms with Crippen LogP contribution in [0.4, 0.5) is 4.39 Å². The van der Waals surface area contributed by atoms with Crippen molar-refractivity contribution in [1.82, 2.24) is 34.1 Å². The minimum absolute atomic E-state index is 0.0659. The molecular weight excluding hydrogens is 501 g/mol. The van der Waals surface area contributed by atoms with E-state index in [9.17, 15) is 9.18 Å². The van der Waals surface area contributed by atoms with E-state index < -0.39 is 5.41 Å². The quantitative estimate of drug-likeness (QED) is 0.203. The predicted molar refractivity (Wildman–Crippen MR) is 133 cm³/mol. The predicted octanol–water partition coefficient (Wildman–Crippen LogP) is 4.01. The highest BCUT2D eigenvalue weighted by molar-refractivity contribution is 7.92. The number of Topliss-reactive ketones (excluding diaryl/α,β-unsaturated/α-hetero) is 1. The van der Waals surface area contributed by atoms with E-state index in [0.717, 1.165) is 29.9 Å². The smallest absolute Gasteiger partial charge is 0.268 e. The summed E-state index contributed by atoms with van der Waals surface area (Å²) in [7, 11) is 0. The fraction of sp³-hybridized carbons (Fsp3) is 0.375. The van der Waals surface area contributed by atoms with Crippen LogP contribution < -0.4 is 4.18 Å². The monoisotopic (exact) mass is 525 g/mol. The van der Waals surface area contributed by atoms with Gasteiger partial charge in [-0.05, 0) is 61.9 Å². The minimum atomic E-state index is -0.645. The Kier molecular flexibility index (Phi) is 6.10. The Morgan fingerprint density at radius 1 is 1.28 bits per heavy atom. The molecule has 2 atom stereocenters. The van der Waals surface area contributed by atoms with Gasteiger partial charge in [0, 0.05) is 24.2 Å². The number of carbonyl (C=O) groups is 1. The molecule has 2 unspecified atom stereocenters. The van der Waals surface area contributed by atoms with E-state index in [0.29, 0.717) is 37.5 Å². The number of nitrogens with zero attached hydrogens (tertiary/aromatic N) is 7. The first-order chi connectivity index (χ1) is 17.6. The number of benzene rings is 1. The number of aryl methyl sites for hydroxylation is 1. The zero-order valence-corrected chi connectivity index (χ0v) is 21.2. The highest BCUT2D eigenvalue weighted by Crippen LogP contribution is 2.48. The van der Waals surface area contributed by atoms with Crippen LogP contribution in [-0.4, -0.2) is 52.9 Å². The average molecular weight is 526 g/mol. The van der Waals surface area contributed by atoms with Crippen molar-refractivity contribution in [2.45, 2.75) is 32.7 Å². The molecule has 4 heterocycles. The Hall–Kier alpha value is -3.09. The Balaban J connectivity index is 1.30. The molecule has 9 nitrogen and oxygen atoms in total. The first-order valence-electron chi connectivity index (χ1n) is 11.8. The van der Waals surface area contributed by atoms with E-state index in [-0.39, 0.29) is 17.5 Å². The fourth-order valence-corrected chi connectivity index (χ4v) is 6.54. The minimum Gasteiger partial charge on any atom is -0.386 e. The molecular formula is C24H24FN7O2S2. The van der Waals surface area contributed by atoms with E-state index >= 15 is 0 Å². The largest absolute Gasteiger partial charge is 0.386 e. The second kappa shape index (κ2) is 9.41. The number of thiazole rings is 1. The SMILES string of the molecule is CCn1ncc(OSN2CCC3Cc4c(cnn4-c4ccc(F)cc4)CC3(C(=O)c3cscn3)C2)n1. The van der Waals surface area contributed by atoms with E-state index in [1.54, 1.807) is 28.6 Å². The Morgan fingerprint density at radius 3 is 2.89 bits per heavy atom. The van der Waals surface area contributed by atoms with Crippen molar-refractivity contribution in [2.75, 3.05) is 13.1 Å². The first kappa shape index (κ1) is 23.3. The summed E-state index contributed by atoms with van der Waals surface area (Å²) < 4.78 is 23.3. The highest BCUT2D eigenvalue weighted by atomic mass is 32.2. The molecule has 4 aromatic rings. The number of halogens is 1. The van der Waals surface area contributed by atoms with E-state index in [2.05, 4.69) is 24.6 Å². The Bertz CT molecular complexity index is 1370. The van der Waals surface area contributed by atoms with Gasteiger partial charge in [-0.25, -0.2) is 18.4 Å². The van der Waals surface area contributed by atoms with Crippen LogP contribution in [0.5, 0.6) is 5.88 Å². The molecule has 2 aliphatic rings. The van der Waals surface area contributed by atoms with Gasteiger partial charge in [0.25, 0.3) is 5.88 Å². The zero-order chi connectivity index (χ0) is 24.7. The lowest BCUT2D eigenvalue weighted by atomic mass is 9.60. The number of ketones is 1. The van der Waals surface area contributed by atoms with E-state index in [1.807, 2.05) is 23.2 Å². The number of hydrogen-bond donors (Lipinski definition) is 0. The van der Waals surface area contributed by atoms with Crippen molar-refractivity contribution in [1.29, 1.82) is 0 Å². The molecule has 0 amide bonds. The van der Waals surface area contributed by atoms with Crippen molar-refractivity contribution in [3.05, 3.63) is 70.3 Å². The van der Waals surface area contributed by atoms with Crippen molar-refractivity contribution < 1.29 is 13.4 Å². The van der Waals surface area contributed by atoms with Gasteiger partial charge in [0.05, 0.1) is 29.4 Å². The van der Waals surface area contributed by atoms with Crippen molar-refractivity contribution in [2.24, 2.45) is 11.3 Å². The topological polar surface area (TPSA) is 91.0 Å². The lowest BCUT2D eigenvalue weighted by Crippen LogP contribution is -2.55. The van der Waals surface area contributed by atoms with Crippen LogP contribution >= 0.6 is 23.6 Å². The fourth-order valence-electron chi connectivity index (χ4n) is 5.29. The summed E-state index contributed by atoms with van der Waals surface area (Å²) in [5.41, 5.74) is 4.51. The summed E-state index contributed by atoms with van der Waals surface area (Å²) in [5, 5.41) is 14.9. The van der Waals surface area contributed by atoms with Gasteiger partial charge in [0.15, 0.2) is 5.78 Å². The molecule has 0 N–H and O–H groups in total. The van der Waals surface area contributed by atoms with Crippen LogP contribution in [0.2, 0.25) is 0 Å². The second-order valence-corrected chi connectivity index (χ2v) is 10.7. The van der Waals surface area contributed by atoms with Crippen LogP contribution in [-0.2, 0) is 19.4 Å². The Labute approximate surface area is 215 Å². The second-order valence-electron chi connectivity index (χ2n) is 9.12. The molecule has 6 rings (SSSR count). The standard InChI is InChI=1S/C24H24FN7O2S2/c1-2-31-27-12-22(29-31)34-36-30-8-7-17-9-21-16(11-28-32(21)19-5-3-18(25)4-6-19)10-24(17,14-30)23(33)20-13-35-15-26-20/h3-6,11-13,15,17H,2,7-10,14H2,1H3. The third-order valence-electron chi connectivity index (χ3n) is 7.08. The van der Waals surface area contributed by atoms with Gasteiger partial charge < -0.3 is 4.18 Å². The first-order valence-corrected chi connectivity index (χ1v) is 13.4. The summed E-state index contributed by atoms with van der Waals surface area (Å²) in [5.74, 6) is 0.344. The molecule has 1 aliphatic heterocycles. The summed E-state index contributed by atoms with van der Waals surface area (Å²) in [6.07, 6.45) is 5.54. The van der Waals surface area contributed by atoms with E-state index in [4.69, 9.17) is 4.18 Å². The van der Waals surface area contributed by atoms with Crippen LogP contribution in [0.3, 0.4) is 0 Å². The van der Waals surface area contributed by atoms with E-state index in [1.165, 1.54) is 35.7 Å². The van der Waals surface area contributed by atoms with Gasteiger partial charge in [0.1, 0.15) is 29.9 Å². The van der Waals surface area contributed by atoms with Gasteiger partial charge in [-0.2, -0.15) is 15.0 Å². The van der Waals surface area contributed by atoms with Gasteiger partial charge in [-0.1, -0.05) is 0 Å². The van der Waals surface area contributed by atoms with Gasteiger partial charge in [-0.15, -0.1) is 16.4 Å². The zero-order valence-electron chi connectivity index (χ0n) is 19.6. The van der Waals surface area contributed by atoms with Gasteiger partial charge in [-0.3, -0.25) is 4.79 Å². The molecule has 0 saturated carbocycles. The number of fused-ring (bicyclic) bond motifs is 2. The molecule has 3 aromatic heterocycles. The third kappa shape index (κ3) is 4.12. The third-order valence-corrected chi connectivity index (χ3v) is 8.44. The molecule has 0 radical (unpaired) electrons. The average Bonchev–Trinajstić information content (AvgIpc) is 3.67. The maximum absolute atomic E-state index is 14.0. The maximum Gasteiger partial charge on any atom is 0.268 e. The number of piperidine rings is 1. The van der Waals surface area contributed by atoms with Crippen molar-refractivity contribution >= 4 is 29.3 Å². The van der Waals surface area contributed by atoms with Crippen LogP contribution in [0, 0.1) is 17.2 Å². The van der Waals surface area contributed by atoms with Crippen LogP contribution in [0.1, 0.15) is 35.1 Å². The molecule has 186 valence electrons. The molecule has 0 spiro atoms. The normalized spacial score (nSPS) is 21.7. The molecule has 12 heteroatoms. The molecule has 1 fully saturated rings. The van der Waals surface area contributed by atoms with Crippen molar-refractivity contribution in [3.8, 4) is 11.6 Å². The maximum atomic E-state index is 14.0. The molecule has 36 heavy (non-hydrogen) atoms. The molecule has 0 bridgehead atoms. The van der Waals surface area contributed by atoms with Gasteiger partial charge >= 0.3 is 0 Å². The molecule has 1 saturated heterocycles. The van der Waals surface area contributed by atoms with Crippen LogP contribution in [0.25, 0.3) is 5.69 Å². The Morgan fingerprint density at radius 2 is 2.14 bits per heavy atom. The summed E-state index contributed by atoms with van der Waals surface area (Å²) >= 11 is 2.65.